The SMILES string of the molecule is CCOC(=O)N(c1ccccc1Cl)c1c(C)noc1-c1ccc(Cc2cc(C(=O)O)ccc2Cl)cc1. The van der Waals surface area contributed by atoms with Gasteiger partial charge in [0.05, 0.1) is 22.9 Å². The molecule has 0 aliphatic carbocycles. The van der Waals surface area contributed by atoms with Gasteiger partial charge in [-0.1, -0.05) is 64.8 Å². The fraction of sp³-hybridized carbons (Fsp3) is 0.148. The maximum absolute atomic E-state index is 13.0. The number of aromatic carboxylic acids is 1. The van der Waals surface area contributed by atoms with E-state index in [9.17, 15) is 14.7 Å². The van der Waals surface area contributed by atoms with Crippen LogP contribution in [0.1, 0.15) is 34.1 Å². The quantitative estimate of drug-likeness (QED) is 0.268. The average molecular weight is 525 g/mol. The van der Waals surface area contributed by atoms with Crippen molar-refractivity contribution in [3.63, 3.8) is 0 Å². The van der Waals surface area contributed by atoms with Gasteiger partial charge in [-0.2, -0.15) is 0 Å². The minimum absolute atomic E-state index is 0.173. The summed E-state index contributed by atoms with van der Waals surface area (Å²) in [6.45, 7) is 3.64. The molecule has 1 N–H and O–H groups in total. The number of hydrogen-bond acceptors (Lipinski definition) is 5. The zero-order valence-electron chi connectivity index (χ0n) is 19.5. The molecule has 1 amide bonds. The van der Waals surface area contributed by atoms with E-state index >= 15 is 0 Å². The van der Waals surface area contributed by atoms with Crippen LogP contribution in [0, 0.1) is 6.92 Å². The van der Waals surface area contributed by atoms with E-state index in [1.54, 1.807) is 50.2 Å². The molecule has 4 rings (SSSR count). The Hall–Kier alpha value is -3.81. The highest BCUT2D eigenvalue weighted by atomic mass is 35.5. The molecule has 36 heavy (non-hydrogen) atoms. The molecule has 0 aliphatic heterocycles. The molecule has 3 aromatic carbocycles. The molecule has 0 unspecified atom stereocenters. The van der Waals surface area contributed by atoms with Crippen molar-refractivity contribution in [2.45, 2.75) is 20.3 Å². The first-order chi connectivity index (χ1) is 17.3. The van der Waals surface area contributed by atoms with Crippen LogP contribution < -0.4 is 4.90 Å². The van der Waals surface area contributed by atoms with Crippen LogP contribution in [0.2, 0.25) is 10.0 Å². The normalized spacial score (nSPS) is 10.8. The van der Waals surface area contributed by atoms with Gasteiger partial charge in [0, 0.05) is 10.6 Å². The minimum Gasteiger partial charge on any atom is -0.478 e. The summed E-state index contributed by atoms with van der Waals surface area (Å²) < 4.78 is 11.0. The highest BCUT2D eigenvalue weighted by Crippen LogP contribution is 2.41. The Balaban J connectivity index is 1.70. The predicted octanol–water partition coefficient (Wildman–Crippen LogP) is 7.54. The van der Waals surface area contributed by atoms with E-state index in [-0.39, 0.29) is 12.2 Å². The molecule has 0 aliphatic rings. The van der Waals surface area contributed by atoms with Crippen LogP contribution in [0.4, 0.5) is 16.2 Å². The lowest BCUT2D eigenvalue weighted by Gasteiger charge is -2.23. The first-order valence-corrected chi connectivity index (χ1v) is 11.8. The number of anilines is 2. The monoisotopic (exact) mass is 524 g/mol. The van der Waals surface area contributed by atoms with Gasteiger partial charge in [0.2, 0.25) is 0 Å². The Labute approximate surface area is 217 Å². The Bertz CT molecular complexity index is 1420. The van der Waals surface area contributed by atoms with Crippen molar-refractivity contribution < 1.29 is 24.0 Å². The van der Waals surface area contributed by atoms with Crippen molar-refractivity contribution in [1.29, 1.82) is 0 Å². The van der Waals surface area contributed by atoms with Crippen LogP contribution in [0.5, 0.6) is 0 Å². The second kappa shape index (κ2) is 10.8. The van der Waals surface area contributed by atoms with E-state index in [1.165, 1.54) is 11.0 Å². The highest BCUT2D eigenvalue weighted by molar-refractivity contribution is 6.34. The largest absolute Gasteiger partial charge is 0.478 e. The number of carboxylic acids is 1. The van der Waals surface area contributed by atoms with Crippen molar-refractivity contribution in [3.05, 3.63) is 99.2 Å². The molecular formula is C27H22Cl2N2O5. The summed E-state index contributed by atoms with van der Waals surface area (Å²) in [5, 5.41) is 14.2. The van der Waals surface area contributed by atoms with E-state index in [1.807, 2.05) is 24.3 Å². The first kappa shape index (κ1) is 25.3. The van der Waals surface area contributed by atoms with Crippen LogP contribution in [-0.4, -0.2) is 28.9 Å². The van der Waals surface area contributed by atoms with Gasteiger partial charge < -0.3 is 14.4 Å². The standard InChI is InChI=1S/C27H22Cl2N2O5/c1-3-35-27(34)31(23-7-5-4-6-22(23)29)24-16(2)30-36-25(24)18-10-8-17(9-11-18)14-20-15-19(26(32)33)12-13-21(20)28/h4-13,15H,3,14H2,1-2H3,(H,32,33). The number of hydrogen-bond donors (Lipinski definition) is 1. The highest BCUT2D eigenvalue weighted by Gasteiger charge is 2.30. The minimum atomic E-state index is -1.01. The summed E-state index contributed by atoms with van der Waals surface area (Å²) in [5.41, 5.74) is 3.81. The van der Waals surface area contributed by atoms with Crippen molar-refractivity contribution in [2.75, 3.05) is 11.5 Å². The fourth-order valence-corrected chi connectivity index (χ4v) is 4.19. The van der Waals surface area contributed by atoms with Gasteiger partial charge in [0.15, 0.2) is 5.76 Å². The smallest absolute Gasteiger partial charge is 0.419 e. The van der Waals surface area contributed by atoms with Gasteiger partial charge >= 0.3 is 12.1 Å². The van der Waals surface area contributed by atoms with Gasteiger partial charge in [0.1, 0.15) is 11.4 Å². The molecule has 0 fully saturated rings. The number of benzene rings is 3. The summed E-state index contributed by atoms with van der Waals surface area (Å²) in [7, 11) is 0. The van der Waals surface area contributed by atoms with Crippen molar-refractivity contribution in [1.82, 2.24) is 5.16 Å². The third kappa shape index (κ3) is 5.22. The molecule has 9 heteroatoms. The molecule has 7 nitrogen and oxygen atoms in total. The lowest BCUT2D eigenvalue weighted by Crippen LogP contribution is -2.27. The van der Waals surface area contributed by atoms with Crippen LogP contribution in [0.15, 0.2) is 71.3 Å². The number of ether oxygens (including phenoxy) is 1. The average Bonchev–Trinajstić information content (AvgIpc) is 3.23. The molecule has 0 saturated carbocycles. The number of carboxylic acid groups (broad SMARTS) is 1. The molecule has 4 aromatic rings. The predicted molar refractivity (Wildman–Crippen MR) is 139 cm³/mol. The van der Waals surface area contributed by atoms with Gasteiger partial charge in [-0.05, 0) is 61.7 Å². The Morgan fingerprint density at radius 2 is 1.75 bits per heavy atom. The molecule has 0 radical (unpaired) electrons. The summed E-state index contributed by atoms with van der Waals surface area (Å²) >= 11 is 12.7. The van der Waals surface area contributed by atoms with E-state index in [0.717, 1.165) is 5.56 Å². The number of rotatable bonds is 7. The van der Waals surface area contributed by atoms with Crippen molar-refractivity contribution in [2.24, 2.45) is 0 Å². The third-order valence-corrected chi connectivity index (χ3v) is 6.19. The molecular weight excluding hydrogens is 503 g/mol. The number of halogens is 2. The summed E-state index contributed by atoms with van der Waals surface area (Å²) in [4.78, 5) is 25.7. The van der Waals surface area contributed by atoms with Crippen LogP contribution >= 0.6 is 23.2 Å². The number of carbonyl (C=O) groups is 2. The molecule has 0 bridgehead atoms. The summed E-state index contributed by atoms with van der Waals surface area (Å²) in [6, 6.07) is 19.0. The zero-order valence-corrected chi connectivity index (χ0v) is 21.0. The van der Waals surface area contributed by atoms with Gasteiger partial charge in [-0.3, -0.25) is 0 Å². The zero-order chi connectivity index (χ0) is 25.8. The van der Waals surface area contributed by atoms with Crippen LogP contribution in [0.3, 0.4) is 0 Å². The molecule has 1 heterocycles. The number of aromatic nitrogens is 1. The number of nitrogens with zero attached hydrogens (tertiary/aromatic N) is 2. The molecule has 0 spiro atoms. The van der Waals surface area contributed by atoms with Crippen molar-refractivity contribution >= 4 is 46.6 Å². The maximum atomic E-state index is 13.0. The van der Waals surface area contributed by atoms with Crippen molar-refractivity contribution in [3.8, 4) is 11.3 Å². The Morgan fingerprint density at radius 1 is 1.03 bits per heavy atom. The maximum Gasteiger partial charge on any atom is 0.419 e. The number of amides is 1. The van der Waals surface area contributed by atoms with Gasteiger partial charge in [-0.25, -0.2) is 14.5 Å². The lowest BCUT2D eigenvalue weighted by molar-refractivity contribution is 0.0696. The van der Waals surface area contributed by atoms with E-state index in [4.69, 9.17) is 32.5 Å². The lowest BCUT2D eigenvalue weighted by atomic mass is 10.0. The molecule has 184 valence electrons. The Morgan fingerprint density at radius 3 is 2.42 bits per heavy atom. The summed E-state index contributed by atoms with van der Waals surface area (Å²) in [6.07, 6.45) is -0.167. The molecule has 0 atom stereocenters. The first-order valence-electron chi connectivity index (χ1n) is 11.1. The number of para-hydroxylation sites is 1. The third-order valence-electron chi connectivity index (χ3n) is 5.50. The van der Waals surface area contributed by atoms with E-state index in [2.05, 4.69) is 5.16 Å². The second-order valence-electron chi connectivity index (χ2n) is 7.92. The molecule has 0 saturated heterocycles. The summed E-state index contributed by atoms with van der Waals surface area (Å²) in [5.74, 6) is -0.640. The topological polar surface area (TPSA) is 92.9 Å². The van der Waals surface area contributed by atoms with Crippen LogP contribution in [-0.2, 0) is 11.2 Å². The number of aryl methyl sites for hydroxylation is 1. The number of carbonyl (C=O) groups excluding carboxylic acids is 1. The van der Waals surface area contributed by atoms with Gasteiger partial charge in [-0.15, -0.1) is 0 Å². The fourth-order valence-electron chi connectivity index (χ4n) is 3.79. The van der Waals surface area contributed by atoms with Crippen LogP contribution in [0.25, 0.3) is 11.3 Å². The second-order valence-corrected chi connectivity index (χ2v) is 8.73. The molecule has 1 aromatic heterocycles. The van der Waals surface area contributed by atoms with E-state index < -0.39 is 12.1 Å². The Kier molecular flexibility index (Phi) is 7.62. The van der Waals surface area contributed by atoms with Gasteiger partial charge in [0.25, 0.3) is 0 Å². The van der Waals surface area contributed by atoms with E-state index in [0.29, 0.717) is 50.4 Å².